The molecule has 0 aliphatic heterocycles. The molecule has 8 N–H and O–H groups in total. The van der Waals surface area contributed by atoms with Gasteiger partial charge in [-0.05, 0) is 181 Å². The van der Waals surface area contributed by atoms with Crippen molar-refractivity contribution in [1.82, 2.24) is 45.5 Å². The number of halogens is 8. The third-order valence-electron chi connectivity index (χ3n) is 11.9. The normalized spacial score (nSPS) is 13.6. The molecule has 6 aromatic heterocycles. The summed E-state index contributed by atoms with van der Waals surface area (Å²) < 4.78 is 47.2. The SMILES string of the molecule is Fc1cc2c(Br)[nH]nc2nc1Nc1c(Br)cc(Br)c2c1CCC2.Fc1cc2c(Br)[nH]nc2nc1Nc1ccc(Br)c2c1CCC2.Nc1[nH]nc2nc(Nc3cccc4c3CCC4)c(F)cc12. The molecule has 0 unspecified atom stereocenters. The van der Waals surface area contributed by atoms with Crippen LogP contribution < -0.4 is 21.7 Å². The van der Waals surface area contributed by atoms with E-state index in [2.05, 4.69) is 147 Å². The first kappa shape index (κ1) is 44.7. The van der Waals surface area contributed by atoms with Crippen molar-refractivity contribution >= 4 is 153 Å². The highest BCUT2D eigenvalue weighted by molar-refractivity contribution is 9.11. The zero-order valence-electron chi connectivity index (χ0n) is 34.3. The quantitative estimate of drug-likeness (QED) is 0.0845. The fourth-order valence-corrected chi connectivity index (χ4v) is 11.6. The van der Waals surface area contributed by atoms with E-state index >= 15 is 0 Å². The first-order valence-corrected chi connectivity index (χ1v) is 24.8. The standard InChI is InChI=1S/C15H10Br3FN4.C15H11Br2FN4.C15H14FN5/c16-9-5-10(17)12(7-3-1-2-6(7)9)20-15-11(19)4-8-13(18)22-23-14(8)21-15;16-10-4-5-12(8-3-1-2-7(8)10)19-15-11(18)6-9-13(17)21-22-14(9)20-15;16-11-7-10-13(17)20-21-14(10)19-15(11)18-12-6-2-4-8-3-1-5-9(8)12/h4-5H,1-3H2,(H2,20,21,22,23);4-6H,1-3H2,(H2,19,20,21,22);2,4,6-7H,1,3,5H2,(H4,17,18,19,20,21). The molecule has 0 bridgehead atoms. The predicted octanol–water partition coefficient (Wildman–Crippen LogP) is 13.4. The van der Waals surface area contributed by atoms with E-state index in [-0.39, 0.29) is 17.5 Å². The van der Waals surface area contributed by atoms with E-state index in [4.69, 9.17) is 5.73 Å². The van der Waals surface area contributed by atoms with Crippen molar-refractivity contribution in [3.63, 3.8) is 0 Å². The number of fused-ring (bicyclic) bond motifs is 6. The van der Waals surface area contributed by atoms with Crippen LogP contribution >= 0.6 is 79.6 Å². The van der Waals surface area contributed by atoms with Crippen LogP contribution in [-0.2, 0) is 38.5 Å². The van der Waals surface area contributed by atoms with Crippen molar-refractivity contribution in [2.24, 2.45) is 0 Å². The molecule has 0 amide bonds. The van der Waals surface area contributed by atoms with Crippen LogP contribution in [0.2, 0.25) is 0 Å². The van der Waals surface area contributed by atoms with Crippen LogP contribution in [0.4, 0.5) is 53.5 Å². The van der Waals surface area contributed by atoms with E-state index in [9.17, 15) is 13.2 Å². The van der Waals surface area contributed by atoms with Gasteiger partial charge in [0.05, 0.1) is 21.8 Å². The molecule has 6 heterocycles. The summed E-state index contributed by atoms with van der Waals surface area (Å²) >= 11 is 17.3. The van der Waals surface area contributed by atoms with Gasteiger partial charge in [0.2, 0.25) is 0 Å². The zero-order chi connectivity index (χ0) is 45.8. The first-order valence-electron chi connectivity index (χ1n) is 20.8. The molecule has 13 nitrogen and oxygen atoms in total. The molecule has 0 spiro atoms. The molecule has 9 aromatic rings. The fourth-order valence-electron chi connectivity index (χ4n) is 8.70. The Bertz CT molecular complexity index is 3370. The number of hydrogen-bond donors (Lipinski definition) is 7. The second-order valence-corrected chi connectivity index (χ2v) is 20.0. The third-order valence-corrected chi connectivity index (χ3v) is 15.1. The molecule has 0 fully saturated rings. The molecular formula is C45H35Br5F3N13. The molecule has 3 aliphatic carbocycles. The summed E-state index contributed by atoms with van der Waals surface area (Å²) in [6.07, 6.45) is 9.48. The summed E-state index contributed by atoms with van der Waals surface area (Å²) in [5.41, 5.74) is 17.3. The highest BCUT2D eigenvalue weighted by atomic mass is 79.9. The number of nitrogens with two attached hydrogens (primary N) is 1. The first-order chi connectivity index (χ1) is 31.9. The second kappa shape index (κ2) is 18.5. The Balaban J connectivity index is 0.000000116. The number of nitrogens with zero attached hydrogens (tertiary/aromatic N) is 6. The maximum absolute atomic E-state index is 14.4. The van der Waals surface area contributed by atoms with Gasteiger partial charge in [-0.1, -0.05) is 44.0 Å². The summed E-state index contributed by atoms with van der Waals surface area (Å²) in [6.45, 7) is 0. The Morgan fingerprint density at radius 2 is 0.985 bits per heavy atom. The van der Waals surface area contributed by atoms with Crippen molar-refractivity contribution < 1.29 is 13.2 Å². The molecule has 0 radical (unpaired) electrons. The monoisotopic (exact) mass is 1210 g/mol. The van der Waals surface area contributed by atoms with Gasteiger partial charge in [0.25, 0.3) is 0 Å². The van der Waals surface area contributed by atoms with Crippen LogP contribution in [0.25, 0.3) is 33.1 Å². The maximum atomic E-state index is 14.4. The van der Waals surface area contributed by atoms with Gasteiger partial charge in [-0.25, -0.2) is 28.1 Å². The van der Waals surface area contributed by atoms with Gasteiger partial charge in [-0.2, -0.15) is 15.3 Å². The van der Waals surface area contributed by atoms with E-state index in [0.29, 0.717) is 48.1 Å². The lowest BCUT2D eigenvalue weighted by molar-refractivity contribution is 0.628. The molecule has 336 valence electrons. The number of aryl methyl sites for hydroxylation is 1. The van der Waals surface area contributed by atoms with Crippen LogP contribution in [0, 0.1) is 17.5 Å². The van der Waals surface area contributed by atoms with E-state index < -0.39 is 17.5 Å². The van der Waals surface area contributed by atoms with E-state index in [0.717, 1.165) is 88.3 Å². The Kier molecular flexibility index (Phi) is 12.6. The molecule has 21 heteroatoms. The number of pyridine rings is 3. The number of nitrogens with one attached hydrogen (secondary N) is 6. The summed E-state index contributed by atoms with van der Waals surface area (Å²) in [6, 6.07) is 16.2. The minimum atomic E-state index is -0.439. The number of anilines is 7. The Morgan fingerprint density at radius 3 is 1.64 bits per heavy atom. The average molecular weight is 1210 g/mol. The highest BCUT2D eigenvalue weighted by Crippen LogP contribution is 2.42. The Morgan fingerprint density at radius 1 is 0.485 bits per heavy atom. The van der Waals surface area contributed by atoms with Crippen molar-refractivity contribution in [3.8, 4) is 0 Å². The number of benzene rings is 3. The number of aromatic nitrogens is 9. The van der Waals surface area contributed by atoms with Gasteiger partial charge in [0.1, 0.15) is 15.0 Å². The van der Waals surface area contributed by atoms with Crippen molar-refractivity contribution in [2.75, 3.05) is 21.7 Å². The fraction of sp³-hybridized carbons (Fsp3) is 0.200. The third kappa shape index (κ3) is 8.67. The Hall–Kier alpha value is -5.09. The summed E-state index contributed by atoms with van der Waals surface area (Å²) in [7, 11) is 0. The molecule has 0 atom stereocenters. The van der Waals surface area contributed by atoms with E-state index in [1.54, 1.807) is 0 Å². The number of nitrogen functional groups attached to an aromatic ring is 1. The average Bonchev–Trinajstić information content (AvgIpc) is 4.18. The van der Waals surface area contributed by atoms with Crippen LogP contribution in [0.5, 0.6) is 0 Å². The van der Waals surface area contributed by atoms with Crippen LogP contribution in [-0.4, -0.2) is 45.5 Å². The van der Waals surface area contributed by atoms with Crippen LogP contribution in [0.3, 0.4) is 0 Å². The van der Waals surface area contributed by atoms with E-state index in [1.807, 2.05) is 30.3 Å². The minimum Gasteiger partial charge on any atom is -0.384 e. The molecule has 0 saturated heterocycles. The summed E-state index contributed by atoms with van der Waals surface area (Å²) in [5, 5.41) is 31.3. The smallest absolute Gasteiger partial charge is 0.185 e. The van der Waals surface area contributed by atoms with Gasteiger partial charge in [-0.3, -0.25) is 15.3 Å². The van der Waals surface area contributed by atoms with Gasteiger partial charge >= 0.3 is 0 Å². The molecule has 3 aromatic carbocycles. The molecular weight excluding hydrogens is 1180 g/mol. The van der Waals surface area contributed by atoms with Gasteiger partial charge in [0, 0.05) is 24.8 Å². The number of H-pyrrole nitrogens is 3. The Labute approximate surface area is 416 Å². The van der Waals surface area contributed by atoms with Crippen molar-refractivity contribution in [1.29, 1.82) is 0 Å². The van der Waals surface area contributed by atoms with Crippen LogP contribution in [0.1, 0.15) is 52.6 Å². The summed E-state index contributed by atoms with van der Waals surface area (Å²) in [4.78, 5) is 12.8. The van der Waals surface area contributed by atoms with Crippen molar-refractivity contribution in [3.05, 3.63) is 128 Å². The second-order valence-electron chi connectivity index (χ2n) is 15.9. The number of rotatable bonds is 6. The zero-order valence-corrected chi connectivity index (χ0v) is 42.3. The molecule has 3 aliphatic rings. The van der Waals surface area contributed by atoms with Gasteiger partial charge < -0.3 is 21.7 Å². The predicted molar refractivity (Wildman–Crippen MR) is 270 cm³/mol. The largest absolute Gasteiger partial charge is 0.384 e. The van der Waals surface area contributed by atoms with Gasteiger partial charge in [-0.15, -0.1) is 0 Å². The topological polar surface area (TPSA) is 187 Å². The summed E-state index contributed by atoms with van der Waals surface area (Å²) in [5.74, 6) is -0.383. The van der Waals surface area contributed by atoms with Crippen LogP contribution in [0.15, 0.2) is 77.2 Å². The number of hydrogen-bond acceptors (Lipinski definition) is 10. The van der Waals surface area contributed by atoms with Gasteiger partial charge in [0.15, 0.2) is 51.8 Å². The molecule has 0 saturated carbocycles. The number of aromatic amines is 3. The minimum absolute atomic E-state index is 0.175. The molecule has 12 rings (SSSR count). The lowest BCUT2D eigenvalue weighted by Crippen LogP contribution is -2.02. The highest BCUT2D eigenvalue weighted by Gasteiger charge is 2.23. The molecule has 66 heavy (non-hydrogen) atoms. The van der Waals surface area contributed by atoms with Crippen molar-refractivity contribution in [2.45, 2.75) is 57.8 Å². The lowest BCUT2D eigenvalue weighted by atomic mass is 10.1. The van der Waals surface area contributed by atoms with E-state index in [1.165, 1.54) is 51.6 Å². The lowest BCUT2D eigenvalue weighted by Gasteiger charge is -2.15. The maximum Gasteiger partial charge on any atom is 0.185 e.